The van der Waals surface area contributed by atoms with E-state index in [0.29, 0.717) is 24.4 Å². The van der Waals surface area contributed by atoms with Crippen LogP contribution in [0.1, 0.15) is 50.8 Å². The average molecular weight is 563 g/mol. The molecule has 1 aromatic heterocycles. The molecule has 3 aromatic rings. The molecule has 0 radical (unpaired) electrons. The number of nitro benzene ring substituents is 1. The fourth-order valence-corrected chi connectivity index (χ4v) is 5.57. The number of Topliss-reactive ketones (excluding diaryl/α,β-unsaturated/α-hetero) is 1. The lowest BCUT2D eigenvalue weighted by Crippen LogP contribution is -2.48. The molecule has 1 heterocycles. The van der Waals surface area contributed by atoms with Gasteiger partial charge >= 0.3 is 0 Å². The fourth-order valence-electron chi connectivity index (χ4n) is 5.57. The molecule has 0 aliphatic heterocycles. The standard InChI is InChI=1S/C31H38N4O6/c1-31(2)16-26(27(31)12-11-23-17-33-30(34-23)22-9-6-10-24(15-22)35(39)40)28(37)13-14-29(38)32-18-25(36)20-41-19-21-7-4-3-5-8-21/h3-10,15,17,25-27,36H,11-14,16,18-20H2,1-2H3,(H,32,38)(H,33,34)/t25?,26-,27+/m0/s1. The topological polar surface area (TPSA) is 147 Å². The highest BCUT2D eigenvalue weighted by molar-refractivity contribution is 5.87. The van der Waals surface area contributed by atoms with Crippen LogP contribution in [-0.4, -0.2) is 50.9 Å². The summed E-state index contributed by atoms with van der Waals surface area (Å²) < 4.78 is 5.50. The van der Waals surface area contributed by atoms with Crippen LogP contribution in [0.4, 0.5) is 5.69 Å². The number of aromatic amines is 1. The van der Waals surface area contributed by atoms with Crippen LogP contribution < -0.4 is 5.32 Å². The summed E-state index contributed by atoms with van der Waals surface area (Å²) in [4.78, 5) is 43.6. The highest BCUT2D eigenvalue weighted by atomic mass is 16.6. The van der Waals surface area contributed by atoms with Crippen LogP contribution in [-0.2, 0) is 27.4 Å². The Balaban J connectivity index is 1.19. The highest BCUT2D eigenvalue weighted by Crippen LogP contribution is 2.53. The quantitative estimate of drug-likeness (QED) is 0.181. The van der Waals surface area contributed by atoms with Gasteiger partial charge in [-0.25, -0.2) is 4.98 Å². The van der Waals surface area contributed by atoms with Crippen molar-refractivity contribution in [2.75, 3.05) is 13.2 Å². The third-order valence-electron chi connectivity index (χ3n) is 7.89. The molecule has 2 aromatic carbocycles. The number of hydrogen-bond acceptors (Lipinski definition) is 7. The van der Waals surface area contributed by atoms with Gasteiger partial charge in [-0.05, 0) is 36.2 Å². The molecule has 3 atom stereocenters. The third kappa shape index (κ3) is 8.31. The number of ether oxygens (including phenoxy) is 1. The van der Waals surface area contributed by atoms with Gasteiger partial charge in [0.1, 0.15) is 11.6 Å². The second kappa shape index (κ2) is 13.6. The van der Waals surface area contributed by atoms with E-state index in [1.807, 2.05) is 30.3 Å². The zero-order valence-corrected chi connectivity index (χ0v) is 23.5. The first-order valence-corrected chi connectivity index (χ1v) is 14.0. The number of aliphatic hydroxyl groups is 1. The number of amides is 1. The minimum atomic E-state index is -0.824. The van der Waals surface area contributed by atoms with Crippen molar-refractivity contribution in [2.24, 2.45) is 17.3 Å². The van der Waals surface area contributed by atoms with Crippen molar-refractivity contribution >= 4 is 17.4 Å². The number of aryl methyl sites for hydroxylation is 1. The van der Waals surface area contributed by atoms with E-state index in [0.717, 1.165) is 24.1 Å². The highest BCUT2D eigenvalue weighted by Gasteiger charge is 2.49. The SMILES string of the molecule is CC1(C)C[C@H](C(=O)CCC(=O)NCC(O)COCc2ccccc2)[C@H]1CCc1cnc(-c2cccc([N+](=O)[O-])c2)[nH]1. The predicted octanol–water partition coefficient (Wildman–Crippen LogP) is 4.62. The monoisotopic (exact) mass is 562 g/mol. The van der Waals surface area contributed by atoms with Crippen molar-refractivity contribution in [3.63, 3.8) is 0 Å². The maximum atomic E-state index is 13.0. The Morgan fingerprint density at radius 1 is 1.20 bits per heavy atom. The van der Waals surface area contributed by atoms with Crippen LogP contribution in [0.5, 0.6) is 0 Å². The first-order valence-electron chi connectivity index (χ1n) is 14.0. The predicted molar refractivity (Wildman–Crippen MR) is 154 cm³/mol. The zero-order chi connectivity index (χ0) is 29.4. The summed E-state index contributed by atoms with van der Waals surface area (Å²) in [7, 11) is 0. The summed E-state index contributed by atoms with van der Waals surface area (Å²) in [5.41, 5.74) is 2.60. The van der Waals surface area contributed by atoms with Crippen LogP contribution in [0, 0.1) is 27.4 Å². The van der Waals surface area contributed by atoms with Gasteiger partial charge in [-0.2, -0.15) is 0 Å². The van der Waals surface area contributed by atoms with E-state index in [4.69, 9.17) is 4.74 Å². The Morgan fingerprint density at radius 3 is 2.71 bits per heavy atom. The molecule has 1 amide bonds. The molecule has 218 valence electrons. The molecule has 10 nitrogen and oxygen atoms in total. The number of H-pyrrole nitrogens is 1. The summed E-state index contributed by atoms with van der Waals surface area (Å²) in [5, 5.41) is 23.9. The van der Waals surface area contributed by atoms with Crippen molar-refractivity contribution in [3.8, 4) is 11.4 Å². The Labute approximate surface area is 239 Å². The second-order valence-electron chi connectivity index (χ2n) is 11.4. The molecule has 0 bridgehead atoms. The second-order valence-corrected chi connectivity index (χ2v) is 11.4. The van der Waals surface area contributed by atoms with E-state index < -0.39 is 11.0 Å². The number of carbonyl (C=O) groups is 2. The Morgan fingerprint density at radius 2 is 1.98 bits per heavy atom. The maximum Gasteiger partial charge on any atom is 0.270 e. The number of carbonyl (C=O) groups excluding carboxylic acids is 2. The van der Waals surface area contributed by atoms with Crippen LogP contribution in [0.2, 0.25) is 0 Å². The van der Waals surface area contributed by atoms with Crippen LogP contribution >= 0.6 is 0 Å². The minimum Gasteiger partial charge on any atom is -0.389 e. The molecule has 1 saturated carbocycles. The van der Waals surface area contributed by atoms with E-state index in [1.54, 1.807) is 18.3 Å². The number of aliphatic hydroxyl groups excluding tert-OH is 1. The molecule has 3 N–H and O–H groups in total. The minimum absolute atomic E-state index is 0.00994. The zero-order valence-electron chi connectivity index (χ0n) is 23.5. The van der Waals surface area contributed by atoms with Gasteiger partial charge in [0.2, 0.25) is 5.91 Å². The number of aromatic nitrogens is 2. The van der Waals surface area contributed by atoms with Crippen molar-refractivity contribution < 1.29 is 24.4 Å². The number of nitrogens with zero attached hydrogens (tertiary/aromatic N) is 2. The van der Waals surface area contributed by atoms with E-state index in [9.17, 15) is 24.8 Å². The van der Waals surface area contributed by atoms with E-state index in [2.05, 4.69) is 29.1 Å². The Bertz CT molecular complexity index is 1340. The van der Waals surface area contributed by atoms with E-state index >= 15 is 0 Å². The summed E-state index contributed by atoms with van der Waals surface area (Å²) in [6, 6.07) is 16.0. The lowest BCUT2D eigenvalue weighted by molar-refractivity contribution is -0.384. The average Bonchev–Trinajstić information content (AvgIpc) is 3.43. The molecular formula is C31H38N4O6. The first kappa shape index (κ1) is 30.1. The molecule has 1 unspecified atom stereocenters. The lowest BCUT2D eigenvalue weighted by Gasteiger charge is -2.51. The molecule has 41 heavy (non-hydrogen) atoms. The van der Waals surface area contributed by atoms with Gasteiger partial charge in [-0.1, -0.05) is 56.3 Å². The number of nitrogens with one attached hydrogen (secondary N) is 2. The van der Waals surface area contributed by atoms with Crippen LogP contribution in [0.3, 0.4) is 0 Å². The van der Waals surface area contributed by atoms with Gasteiger partial charge in [0, 0.05) is 54.9 Å². The van der Waals surface area contributed by atoms with Crippen molar-refractivity contribution in [2.45, 2.75) is 58.7 Å². The number of imidazole rings is 1. The van der Waals surface area contributed by atoms with Crippen molar-refractivity contribution in [3.05, 3.63) is 82.2 Å². The molecular weight excluding hydrogens is 524 g/mol. The summed E-state index contributed by atoms with van der Waals surface area (Å²) >= 11 is 0. The third-order valence-corrected chi connectivity index (χ3v) is 7.89. The summed E-state index contributed by atoms with van der Waals surface area (Å²) in [6.45, 7) is 4.89. The molecule has 1 aliphatic rings. The van der Waals surface area contributed by atoms with Gasteiger partial charge in [-0.3, -0.25) is 19.7 Å². The molecule has 1 aliphatic carbocycles. The Kier molecular flexibility index (Phi) is 10.0. The van der Waals surface area contributed by atoms with Crippen molar-refractivity contribution in [1.82, 2.24) is 15.3 Å². The number of nitro groups is 1. The fraction of sp³-hybridized carbons (Fsp3) is 0.452. The number of rotatable bonds is 15. The number of benzene rings is 2. The molecule has 0 saturated heterocycles. The van der Waals surface area contributed by atoms with E-state index in [1.165, 1.54) is 12.1 Å². The van der Waals surface area contributed by atoms with Gasteiger partial charge in [0.05, 0.1) is 24.2 Å². The Hall–Kier alpha value is -3.89. The van der Waals surface area contributed by atoms with Gasteiger partial charge in [0.25, 0.3) is 5.69 Å². The number of non-ortho nitro benzene ring substituents is 1. The largest absolute Gasteiger partial charge is 0.389 e. The van der Waals surface area contributed by atoms with Gasteiger partial charge in [0.15, 0.2) is 0 Å². The first-order chi connectivity index (χ1) is 19.6. The lowest BCUT2D eigenvalue weighted by atomic mass is 9.53. The summed E-state index contributed by atoms with van der Waals surface area (Å²) in [5.74, 6) is 0.503. The number of hydrogen-bond donors (Lipinski definition) is 3. The van der Waals surface area contributed by atoms with Gasteiger partial charge in [-0.15, -0.1) is 0 Å². The normalized spacial score (nSPS) is 18.3. The smallest absolute Gasteiger partial charge is 0.270 e. The maximum absolute atomic E-state index is 13.0. The van der Waals surface area contributed by atoms with Crippen LogP contribution in [0.25, 0.3) is 11.4 Å². The van der Waals surface area contributed by atoms with E-state index in [-0.39, 0.29) is 60.6 Å². The molecule has 4 rings (SSSR count). The summed E-state index contributed by atoms with van der Waals surface area (Å²) in [6.07, 6.45) is 3.46. The van der Waals surface area contributed by atoms with Gasteiger partial charge < -0.3 is 20.1 Å². The molecule has 1 fully saturated rings. The van der Waals surface area contributed by atoms with Crippen molar-refractivity contribution in [1.29, 1.82) is 0 Å². The molecule has 10 heteroatoms. The number of ketones is 1. The van der Waals surface area contributed by atoms with Crippen LogP contribution in [0.15, 0.2) is 60.8 Å². The molecule has 0 spiro atoms.